The van der Waals surface area contributed by atoms with E-state index < -0.39 is 44.7 Å². The Balaban J connectivity index is 1.98. The maximum absolute atomic E-state index is 7.17. The highest BCUT2D eigenvalue weighted by atomic mass is 28.5. The number of hydrogen-bond acceptors (Lipinski definition) is 5. The summed E-state index contributed by atoms with van der Waals surface area (Å²) in [5.74, 6) is 0. The summed E-state index contributed by atoms with van der Waals surface area (Å²) in [6, 6.07) is 31.2. The van der Waals surface area contributed by atoms with Gasteiger partial charge in [-0.1, -0.05) is 91.0 Å². The highest BCUT2D eigenvalue weighted by Crippen LogP contribution is 2.20. The minimum absolute atomic E-state index is 1.08. The number of benzene rings is 3. The summed E-state index contributed by atoms with van der Waals surface area (Å²) in [5.41, 5.74) is 0. The largest absolute Gasteiger partial charge is 0.432 e. The Morgan fingerprint density at radius 3 is 1.50 bits per heavy atom. The van der Waals surface area contributed by atoms with Crippen molar-refractivity contribution in [1.29, 1.82) is 0 Å². The van der Waals surface area contributed by atoms with E-state index in [0.29, 0.717) is 0 Å². The van der Waals surface area contributed by atoms with Crippen molar-refractivity contribution in [3.05, 3.63) is 91.0 Å². The first-order valence-electron chi connectivity index (χ1n) is 11.7. The van der Waals surface area contributed by atoms with E-state index in [1.165, 1.54) is 5.19 Å². The molecule has 0 bridgehead atoms. The molecule has 0 saturated carbocycles. The van der Waals surface area contributed by atoms with Gasteiger partial charge in [0.1, 0.15) is 0 Å². The molecule has 0 saturated heterocycles. The first-order valence-corrected chi connectivity index (χ1v) is 22.7. The van der Waals surface area contributed by atoms with Gasteiger partial charge in [0.25, 0.3) is 0 Å². The van der Waals surface area contributed by atoms with Gasteiger partial charge >= 0.3 is 35.7 Å². The van der Waals surface area contributed by atoms with Crippen LogP contribution in [0.1, 0.15) is 0 Å². The predicted octanol–water partition coefficient (Wildman–Crippen LogP) is 2.62. The van der Waals surface area contributed by atoms with Crippen LogP contribution in [0.5, 0.6) is 0 Å². The average molecular weight is 545 g/mol. The quantitative estimate of drug-likeness (QED) is 0.328. The Morgan fingerprint density at radius 2 is 1.03 bits per heavy atom. The fourth-order valence-corrected chi connectivity index (χ4v) is 21.7. The summed E-state index contributed by atoms with van der Waals surface area (Å²) < 4.78 is 32.5. The van der Waals surface area contributed by atoms with Crippen molar-refractivity contribution < 1.29 is 20.9 Å². The monoisotopic (exact) mass is 544 g/mol. The van der Waals surface area contributed by atoms with Crippen LogP contribution < -0.4 is 15.6 Å². The maximum atomic E-state index is 7.17. The molecule has 3 rings (SSSR count). The van der Waals surface area contributed by atoms with Gasteiger partial charge in [0.15, 0.2) is 9.04 Å². The number of rotatable bonds is 12. The van der Waals surface area contributed by atoms with E-state index >= 15 is 0 Å². The molecule has 3 aromatic rings. The summed E-state index contributed by atoms with van der Waals surface area (Å²) in [4.78, 5) is 0. The van der Waals surface area contributed by atoms with Crippen LogP contribution in [0.4, 0.5) is 0 Å². The normalized spacial score (nSPS) is 17.8. The third kappa shape index (κ3) is 7.27. The van der Waals surface area contributed by atoms with Crippen molar-refractivity contribution in [2.24, 2.45) is 0 Å². The van der Waals surface area contributed by atoms with Crippen LogP contribution >= 0.6 is 0 Å². The zero-order valence-corrected chi connectivity index (χ0v) is 26.4. The van der Waals surface area contributed by atoms with Crippen molar-refractivity contribution in [2.75, 3.05) is 7.11 Å². The average Bonchev–Trinajstić information content (AvgIpc) is 2.85. The van der Waals surface area contributed by atoms with E-state index in [1.54, 1.807) is 7.11 Å². The molecule has 0 aliphatic rings. The molecule has 0 radical (unpaired) electrons. The number of hydrogen-bond donors (Lipinski definition) is 0. The molecule has 5 atom stereocenters. The second-order valence-corrected chi connectivity index (χ2v) is 21.9. The second-order valence-electron chi connectivity index (χ2n) is 8.52. The lowest BCUT2D eigenvalue weighted by Crippen LogP contribution is -2.66. The fourth-order valence-electron chi connectivity index (χ4n) is 3.95. The molecule has 10 heteroatoms. The predicted molar refractivity (Wildman–Crippen MR) is 152 cm³/mol. The van der Waals surface area contributed by atoms with Gasteiger partial charge in [0.05, 0.1) is 0 Å². The van der Waals surface area contributed by atoms with Crippen LogP contribution in [0.3, 0.4) is 0 Å². The first kappa shape index (κ1) is 27.1. The maximum Gasteiger partial charge on any atom is 0.351 e. The molecule has 0 aliphatic heterocycles. The topological polar surface area (TPSA) is 46.2 Å². The standard InChI is InChI=1S/C24H36O5Si5/c1-25-31(3)26-32(4)28-34(6,24-20-14-9-15-21-24)29-33(5,23-18-12-8-13-19-23)27-30(2)22-16-10-7-11-17-22/h7-21,30-32H,1-6H3. The Morgan fingerprint density at radius 1 is 0.588 bits per heavy atom. The molecule has 3 aromatic carbocycles. The summed E-state index contributed by atoms with van der Waals surface area (Å²) in [7, 11) is -9.49. The van der Waals surface area contributed by atoms with Gasteiger partial charge in [-0.05, 0) is 48.3 Å². The Kier molecular flexibility index (Phi) is 9.97. The van der Waals surface area contributed by atoms with Gasteiger partial charge in [-0.15, -0.1) is 0 Å². The van der Waals surface area contributed by atoms with E-state index in [0.717, 1.165) is 10.4 Å². The summed E-state index contributed by atoms with van der Waals surface area (Å²) in [6.45, 7) is 10.6. The van der Waals surface area contributed by atoms with Crippen LogP contribution in [0, 0.1) is 0 Å². The van der Waals surface area contributed by atoms with Gasteiger partial charge in [-0.3, -0.25) is 0 Å². The molecule has 5 unspecified atom stereocenters. The van der Waals surface area contributed by atoms with Crippen molar-refractivity contribution >= 4 is 60.3 Å². The van der Waals surface area contributed by atoms with E-state index in [4.69, 9.17) is 20.9 Å². The zero-order chi connectivity index (χ0) is 24.6. The van der Waals surface area contributed by atoms with E-state index in [1.807, 2.05) is 36.9 Å². The molecular formula is C24H36O5Si5. The highest BCUT2D eigenvalue weighted by molar-refractivity contribution is 6.97. The third-order valence-corrected chi connectivity index (χ3v) is 23.0. The fraction of sp³-hybridized carbons (Fsp3) is 0.250. The molecule has 5 nitrogen and oxygen atoms in total. The SMILES string of the molecule is CO[SiH](C)O[SiH](C)O[Si](C)(O[Si](C)(O[SiH](C)c1ccccc1)c1ccccc1)c1ccccc1. The van der Waals surface area contributed by atoms with Gasteiger partial charge in [-0.25, -0.2) is 0 Å². The minimum atomic E-state index is -2.89. The third-order valence-electron chi connectivity index (χ3n) is 5.76. The molecule has 0 N–H and O–H groups in total. The van der Waals surface area contributed by atoms with Crippen molar-refractivity contribution in [2.45, 2.75) is 32.7 Å². The zero-order valence-electron chi connectivity index (χ0n) is 20.9. The van der Waals surface area contributed by atoms with Gasteiger partial charge < -0.3 is 20.9 Å². The van der Waals surface area contributed by atoms with Gasteiger partial charge in [0.2, 0.25) is 0 Å². The van der Waals surface area contributed by atoms with Crippen LogP contribution in [0.15, 0.2) is 91.0 Å². The summed E-state index contributed by atoms with van der Waals surface area (Å²) >= 11 is 0. The molecule has 0 aliphatic carbocycles. The lowest BCUT2D eigenvalue weighted by Gasteiger charge is -2.40. The first-order chi connectivity index (χ1) is 16.3. The van der Waals surface area contributed by atoms with Gasteiger partial charge in [0, 0.05) is 7.11 Å². The molecule has 182 valence electrons. The molecule has 0 amide bonds. The van der Waals surface area contributed by atoms with Crippen LogP contribution in [-0.4, -0.2) is 51.8 Å². The summed E-state index contributed by atoms with van der Waals surface area (Å²) in [5, 5.41) is 3.45. The van der Waals surface area contributed by atoms with Crippen molar-refractivity contribution in [1.82, 2.24) is 0 Å². The van der Waals surface area contributed by atoms with Gasteiger partial charge in [-0.2, -0.15) is 0 Å². The van der Waals surface area contributed by atoms with Crippen LogP contribution in [0.25, 0.3) is 0 Å². The smallest absolute Gasteiger partial charge is 0.351 e. The lowest BCUT2D eigenvalue weighted by atomic mass is 10.4. The van der Waals surface area contributed by atoms with Crippen LogP contribution in [0.2, 0.25) is 32.7 Å². The minimum Gasteiger partial charge on any atom is -0.432 e. The van der Waals surface area contributed by atoms with Crippen molar-refractivity contribution in [3.8, 4) is 0 Å². The molecule has 34 heavy (non-hydrogen) atoms. The molecule has 0 aromatic heterocycles. The molecule has 0 heterocycles. The molecule has 0 fully saturated rings. The Hall–Kier alpha value is -1.46. The van der Waals surface area contributed by atoms with E-state index in [2.05, 4.69) is 86.9 Å². The lowest BCUT2D eigenvalue weighted by molar-refractivity contribution is 0.294. The van der Waals surface area contributed by atoms with E-state index in [-0.39, 0.29) is 0 Å². The second kappa shape index (κ2) is 12.5. The molecular weight excluding hydrogens is 509 g/mol. The summed E-state index contributed by atoms with van der Waals surface area (Å²) in [6.07, 6.45) is 0. The van der Waals surface area contributed by atoms with E-state index in [9.17, 15) is 0 Å². The molecule has 0 spiro atoms. The Bertz CT molecular complexity index is 1000. The van der Waals surface area contributed by atoms with Crippen LogP contribution in [-0.2, 0) is 20.9 Å². The highest BCUT2D eigenvalue weighted by Gasteiger charge is 2.47. The van der Waals surface area contributed by atoms with Crippen molar-refractivity contribution in [3.63, 3.8) is 0 Å². The Labute approximate surface area is 211 Å².